The van der Waals surface area contributed by atoms with Gasteiger partial charge in [-0.05, 0) is 88.4 Å². The first-order valence-electron chi connectivity index (χ1n) is 11.1. The quantitative estimate of drug-likeness (QED) is 0.752. The molecule has 6 heteroatoms. The first-order valence-corrected chi connectivity index (χ1v) is 11.1. The van der Waals surface area contributed by atoms with Gasteiger partial charge in [0.25, 0.3) is 0 Å². The maximum absolute atomic E-state index is 11.3. The van der Waals surface area contributed by atoms with Crippen LogP contribution in [0.2, 0.25) is 0 Å². The lowest BCUT2D eigenvalue weighted by Gasteiger charge is -2.32. The number of hydrogen-bond acceptors (Lipinski definition) is 4. The van der Waals surface area contributed by atoms with E-state index in [0.717, 1.165) is 42.0 Å². The Morgan fingerprint density at radius 2 is 1.73 bits per heavy atom. The number of aliphatic carboxylic acids is 1. The van der Waals surface area contributed by atoms with Crippen molar-refractivity contribution in [2.45, 2.75) is 77.4 Å². The predicted molar refractivity (Wildman–Crippen MR) is 119 cm³/mol. The van der Waals surface area contributed by atoms with Crippen molar-refractivity contribution in [3.05, 3.63) is 36.0 Å². The molecule has 1 aliphatic carbocycles. The third-order valence-corrected chi connectivity index (χ3v) is 7.63. The molecule has 4 rings (SSSR count). The van der Waals surface area contributed by atoms with Crippen LogP contribution in [-0.2, 0) is 14.1 Å². The van der Waals surface area contributed by atoms with E-state index < -0.39 is 5.97 Å². The Hall–Kier alpha value is -1.92. The smallest absolute Gasteiger partial charge is 0.481 e. The number of nitrogens with zero attached hydrogens (tertiary/aromatic N) is 1. The molecule has 2 aromatic rings. The van der Waals surface area contributed by atoms with E-state index in [1.807, 2.05) is 19.2 Å². The minimum atomic E-state index is -0.681. The molecule has 1 aromatic carbocycles. The van der Waals surface area contributed by atoms with Gasteiger partial charge < -0.3 is 14.4 Å². The number of carboxylic acids is 1. The van der Waals surface area contributed by atoms with E-state index >= 15 is 0 Å². The number of hydrogen-bond donors (Lipinski definition) is 1. The summed E-state index contributed by atoms with van der Waals surface area (Å²) in [6, 6.07) is 8.40. The third-order valence-electron chi connectivity index (χ3n) is 7.63. The van der Waals surface area contributed by atoms with E-state index in [4.69, 9.17) is 9.31 Å². The molecule has 0 radical (unpaired) electrons. The average molecular weight is 409 g/mol. The van der Waals surface area contributed by atoms with Crippen molar-refractivity contribution >= 4 is 29.5 Å². The minimum Gasteiger partial charge on any atom is -0.481 e. The number of pyridine rings is 1. The van der Waals surface area contributed by atoms with Crippen molar-refractivity contribution < 1.29 is 19.2 Å². The molecule has 2 fully saturated rings. The first kappa shape index (κ1) is 21.3. The molecule has 2 aliphatic rings. The van der Waals surface area contributed by atoms with E-state index in [2.05, 4.69) is 50.9 Å². The van der Waals surface area contributed by atoms with Crippen LogP contribution in [0.4, 0.5) is 0 Å². The molecule has 0 unspecified atom stereocenters. The van der Waals surface area contributed by atoms with Gasteiger partial charge in [0.1, 0.15) is 0 Å². The fourth-order valence-corrected chi connectivity index (χ4v) is 4.80. The molecule has 0 spiro atoms. The van der Waals surface area contributed by atoms with Crippen LogP contribution in [0.1, 0.15) is 71.8 Å². The third kappa shape index (κ3) is 3.76. The molecule has 1 saturated heterocycles. The summed E-state index contributed by atoms with van der Waals surface area (Å²) in [7, 11) is -0.389. The van der Waals surface area contributed by atoms with Crippen LogP contribution >= 0.6 is 0 Å². The standard InChI is InChI=1S/C24H32BNO4/c1-15(22(27)28)16-6-8-17(9-7-16)19-12-13-26-21-11-10-18(14-20(19)21)25-29-23(2,3)24(4,5)30-25/h10-17H,6-9H2,1-5H3,(H,27,28)/t15-,16?,17?/m1/s1. The molecule has 0 bridgehead atoms. The summed E-state index contributed by atoms with van der Waals surface area (Å²) in [4.78, 5) is 15.9. The number of aromatic nitrogens is 1. The van der Waals surface area contributed by atoms with Crippen molar-refractivity contribution in [1.29, 1.82) is 0 Å². The molecule has 2 heterocycles. The van der Waals surface area contributed by atoms with Gasteiger partial charge in [-0.2, -0.15) is 0 Å². The lowest BCUT2D eigenvalue weighted by molar-refractivity contribution is -0.143. The summed E-state index contributed by atoms with van der Waals surface area (Å²) in [6.07, 6.45) is 5.83. The van der Waals surface area contributed by atoms with Crippen LogP contribution < -0.4 is 5.46 Å². The lowest BCUT2D eigenvalue weighted by Crippen LogP contribution is -2.41. The first-order chi connectivity index (χ1) is 14.1. The molecule has 5 nitrogen and oxygen atoms in total. The fraction of sp³-hybridized carbons (Fsp3) is 0.583. The minimum absolute atomic E-state index is 0.268. The monoisotopic (exact) mass is 409 g/mol. The van der Waals surface area contributed by atoms with Crippen LogP contribution in [0.3, 0.4) is 0 Å². The van der Waals surface area contributed by atoms with E-state index in [1.165, 1.54) is 5.56 Å². The number of benzene rings is 1. The zero-order valence-corrected chi connectivity index (χ0v) is 18.6. The highest BCUT2D eigenvalue weighted by atomic mass is 16.7. The van der Waals surface area contributed by atoms with Gasteiger partial charge in [-0.25, -0.2) is 0 Å². The van der Waals surface area contributed by atoms with Crippen LogP contribution in [0, 0.1) is 11.8 Å². The molecule has 1 N–H and O–H groups in total. The maximum Gasteiger partial charge on any atom is 0.494 e. The summed E-state index contributed by atoms with van der Waals surface area (Å²) in [5.74, 6) is -0.247. The zero-order valence-electron chi connectivity index (χ0n) is 18.6. The van der Waals surface area contributed by atoms with Crippen molar-refractivity contribution in [3.63, 3.8) is 0 Å². The molecular weight excluding hydrogens is 377 g/mol. The Labute approximate surface area is 179 Å². The summed E-state index contributed by atoms with van der Waals surface area (Å²) >= 11 is 0. The average Bonchev–Trinajstić information content (AvgIpc) is 2.93. The van der Waals surface area contributed by atoms with Gasteiger partial charge in [0.05, 0.1) is 22.6 Å². The Balaban J connectivity index is 1.60. The van der Waals surface area contributed by atoms with Gasteiger partial charge in [-0.3, -0.25) is 9.78 Å². The number of carboxylic acid groups (broad SMARTS) is 1. The predicted octanol–water partition coefficient (Wildman–Crippen LogP) is 4.53. The second-order valence-corrected chi connectivity index (χ2v) is 10.0. The van der Waals surface area contributed by atoms with Crippen LogP contribution in [0.15, 0.2) is 30.5 Å². The van der Waals surface area contributed by atoms with Crippen LogP contribution in [-0.4, -0.2) is 34.4 Å². The summed E-state index contributed by atoms with van der Waals surface area (Å²) < 4.78 is 12.5. The molecular formula is C24H32BNO4. The van der Waals surface area contributed by atoms with Crippen LogP contribution in [0.5, 0.6) is 0 Å². The largest absolute Gasteiger partial charge is 0.494 e. The van der Waals surface area contributed by atoms with Gasteiger partial charge in [-0.15, -0.1) is 0 Å². The Morgan fingerprint density at radius 1 is 1.10 bits per heavy atom. The van der Waals surface area contributed by atoms with Gasteiger partial charge in [-0.1, -0.05) is 19.1 Å². The van der Waals surface area contributed by atoms with Crippen molar-refractivity contribution in [3.8, 4) is 0 Å². The number of fused-ring (bicyclic) bond motifs is 1. The normalized spacial score (nSPS) is 26.6. The Kier molecular flexibility index (Phi) is 5.44. The van der Waals surface area contributed by atoms with Crippen molar-refractivity contribution in [2.75, 3.05) is 0 Å². The molecule has 1 aliphatic heterocycles. The zero-order chi connectivity index (χ0) is 21.7. The van der Waals surface area contributed by atoms with Gasteiger partial charge >= 0.3 is 13.1 Å². The van der Waals surface area contributed by atoms with Crippen LogP contribution in [0.25, 0.3) is 10.9 Å². The molecule has 0 amide bonds. The van der Waals surface area contributed by atoms with Crippen molar-refractivity contribution in [2.24, 2.45) is 11.8 Å². The Bertz CT molecular complexity index is 933. The highest BCUT2D eigenvalue weighted by Crippen LogP contribution is 2.41. The lowest BCUT2D eigenvalue weighted by atomic mass is 9.73. The number of rotatable bonds is 4. The van der Waals surface area contributed by atoms with E-state index in [0.29, 0.717) is 5.92 Å². The maximum atomic E-state index is 11.3. The number of carbonyl (C=O) groups is 1. The van der Waals surface area contributed by atoms with E-state index in [1.54, 1.807) is 0 Å². The van der Waals surface area contributed by atoms with Gasteiger partial charge in [0.2, 0.25) is 0 Å². The second kappa shape index (κ2) is 7.65. The molecule has 30 heavy (non-hydrogen) atoms. The Morgan fingerprint density at radius 3 is 2.33 bits per heavy atom. The SMILES string of the molecule is C[C@@H](C(=O)O)C1CCC(c2ccnc3ccc(B4OC(C)(C)C(C)(C)O4)cc23)CC1. The van der Waals surface area contributed by atoms with Crippen molar-refractivity contribution in [1.82, 2.24) is 4.98 Å². The summed E-state index contributed by atoms with van der Waals surface area (Å²) in [5.41, 5.74) is 2.56. The van der Waals surface area contributed by atoms with Gasteiger partial charge in [0.15, 0.2) is 0 Å². The second-order valence-electron chi connectivity index (χ2n) is 10.0. The molecule has 160 valence electrons. The highest BCUT2D eigenvalue weighted by molar-refractivity contribution is 6.62. The van der Waals surface area contributed by atoms with E-state index in [9.17, 15) is 9.90 Å². The highest BCUT2D eigenvalue weighted by Gasteiger charge is 2.51. The molecule has 1 aromatic heterocycles. The summed E-state index contributed by atoms with van der Waals surface area (Å²) in [6.45, 7) is 10.1. The van der Waals surface area contributed by atoms with E-state index in [-0.39, 0.29) is 30.2 Å². The molecule has 1 saturated carbocycles. The molecule has 1 atom stereocenters. The topological polar surface area (TPSA) is 68.7 Å². The summed E-state index contributed by atoms with van der Waals surface area (Å²) in [5, 5.41) is 10.5. The fourth-order valence-electron chi connectivity index (χ4n) is 4.80. The van der Waals surface area contributed by atoms with Gasteiger partial charge in [0, 0.05) is 11.6 Å².